The summed E-state index contributed by atoms with van der Waals surface area (Å²) in [4.78, 5) is 40.7. The van der Waals surface area contributed by atoms with Crippen LogP contribution in [-0.4, -0.2) is 28.0 Å². The van der Waals surface area contributed by atoms with Crippen molar-refractivity contribution in [3.63, 3.8) is 0 Å². The molecule has 2 aromatic carbocycles. The van der Waals surface area contributed by atoms with Crippen molar-refractivity contribution in [2.45, 2.75) is 26.8 Å². The van der Waals surface area contributed by atoms with Crippen LogP contribution in [0.2, 0.25) is 0 Å². The fourth-order valence-electron chi connectivity index (χ4n) is 4.00. The number of carbonyl (C=O) groups excluding carboxylic acids is 3. The highest BCUT2D eigenvalue weighted by Crippen LogP contribution is 2.35. The molecule has 4 N–H and O–H groups in total. The average Bonchev–Trinajstić information content (AvgIpc) is 3.29. The minimum Gasteiger partial charge on any atom is -0.357 e. The molecule has 3 amide bonds. The summed E-state index contributed by atoms with van der Waals surface area (Å²) in [5.74, 6) is -0.624. The van der Waals surface area contributed by atoms with Crippen molar-refractivity contribution in [1.29, 1.82) is 0 Å². The van der Waals surface area contributed by atoms with Crippen molar-refractivity contribution in [3.8, 4) is 0 Å². The van der Waals surface area contributed by atoms with Gasteiger partial charge in [0.25, 0.3) is 11.8 Å². The van der Waals surface area contributed by atoms with Crippen LogP contribution in [0.15, 0.2) is 48.5 Å². The van der Waals surface area contributed by atoms with Crippen molar-refractivity contribution >= 4 is 56.7 Å². The lowest BCUT2D eigenvalue weighted by Crippen LogP contribution is -2.26. The molecule has 8 heteroatoms. The molecule has 0 radical (unpaired) electrons. The molecule has 7 nitrogen and oxygen atoms in total. The Balaban J connectivity index is 1.63. The fourth-order valence-corrected chi connectivity index (χ4v) is 4.14. The van der Waals surface area contributed by atoms with E-state index in [4.69, 9.17) is 0 Å². The zero-order valence-electron chi connectivity index (χ0n) is 19.1. The van der Waals surface area contributed by atoms with Gasteiger partial charge in [0.1, 0.15) is 0 Å². The summed E-state index contributed by atoms with van der Waals surface area (Å²) in [6.07, 6.45) is 1.75. The molecular formula is C26H25BrN4O3. The van der Waals surface area contributed by atoms with Crippen molar-refractivity contribution in [1.82, 2.24) is 10.3 Å². The number of H-pyrrole nitrogens is 1. The van der Waals surface area contributed by atoms with E-state index < -0.39 is 0 Å². The lowest BCUT2D eigenvalue weighted by Gasteiger charge is -2.14. The molecule has 3 aromatic rings. The summed E-state index contributed by atoms with van der Waals surface area (Å²) >= 11 is 3.15. The van der Waals surface area contributed by atoms with Crippen LogP contribution in [0.5, 0.6) is 0 Å². The Hall–Kier alpha value is -3.65. The lowest BCUT2D eigenvalue weighted by molar-refractivity contribution is -0.114. The number of benzene rings is 2. The molecule has 0 saturated heterocycles. The number of aromatic amines is 1. The highest BCUT2D eigenvalue weighted by Gasteiger charge is 2.26. The minimum absolute atomic E-state index is 0.158. The first-order valence-electron chi connectivity index (χ1n) is 10.9. The maximum Gasteiger partial charge on any atom is 0.256 e. The maximum absolute atomic E-state index is 12.9. The van der Waals surface area contributed by atoms with Gasteiger partial charge in [-0.25, -0.2) is 0 Å². The van der Waals surface area contributed by atoms with Gasteiger partial charge in [0.05, 0.1) is 22.6 Å². The van der Waals surface area contributed by atoms with Crippen molar-refractivity contribution in [3.05, 3.63) is 82.2 Å². The van der Waals surface area contributed by atoms with E-state index in [9.17, 15) is 14.4 Å². The van der Waals surface area contributed by atoms with Gasteiger partial charge in [-0.15, -0.1) is 0 Å². The van der Waals surface area contributed by atoms with Gasteiger partial charge in [-0.3, -0.25) is 14.4 Å². The molecule has 0 bridgehead atoms. The predicted molar refractivity (Wildman–Crippen MR) is 138 cm³/mol. The number of nitrogens with one attached hydrogen (secondary N) is 4. The first-order valence-corrected chi connectivity index (χ1v) is 12.0. The Morgan fingerprint density at radius 3 is 2.56 bits per heavy atom. The van der Waals surface area contributed by atoms with E-state index in [0.29, 0.717) is 33.8 Å². The molecule has 2 heterocycles. The summed E-state index contributed by atoms with van der Waals surface area (Å²) in [5, 5.41) is 8.91. The van der Waals surface area contributed by atoms with E-state index in [1.54, 1.807) is 24.3 Å². The molecule has 174 valence electrons. The number of fused-ring (bicyclic) bond motifs is 1. The van der Waals surface area contributed by atoms with Crippen LogP contribution in [0.3, 0.4) is 0 Å². The molecule has 1 atom stereocenters. The number of aromatic nitrogens is 1. The van der Waals surface area contributed by atoms with Crippen LogP contribution in [-0.2, 0) is 9.59 Å². The highest BCUT2D eigenvalue weighted by atomic mass is 79.9. The maximum atomic E-state index is 12.9. The van der Waals surface area contributed by atoms with Crippen molar-refractivity contribution < 1.29 is 14.4 Å². The second-order valence-electron chi connectivity index (χ2n) is 8.22. The number of halogens is 1. The number of amides is 3. The number of aryl methyl sites for hydroxylation is 1. The average molecular weight is 521 g/mol. The van der Waals surface area contributed by atoms with Gasteiger partial charge in [-0.2, -0.15) is 0 Å². The Morgan fingerprint density at radius 2 is 1.85 bits per heavy atom. The first-order chi connectivity index (χ1) is 16.3. The van der Waals surface area contributed by atoms with Gasteiger partial charge in [-0.05, 0) is 56.2 Å². The van der Waals surface area contributed by atoms with Crippen LogP contribution in [0.4, 0.5) is 11.4 Å². The van der Waals surface area contributed by atoms with Crippen molar-refractivity contribution in [2.75, 3.05) is 16.0 Å². The van der Waals surface area contributed by atoms with Crippen molar-refractivity contribution in [2.24, 2.45) is 0 Å². The molecule has 0 aliphatic carbocycles. The SMILES string of the molecule is Cc1[nH]c(/C=C2\C(=O)Nc3ccc(C(=O)N[C@H](C)c4ccccc4)cc32)c(C)c1NC(=O)CBr. The topological polar surface area (TPSA) is 103 Å². The molecule has 0 fully saturated rings. The van der Waals surface area contributed by atoms with Gasteiger partial charge in [0.2, 0.25) is 5.91 Å². The number of anilines is 2. The van der Waals surface area contributed by atoms with Gasteiger partial charge in [-0.1, -0.05) is 46.3 Å². The zero-order chi connectivity index (χ0) is 24.4. The number of alkyl halides is 1. The third-order valence-electron chi connectivity index (χ3n) is 5.86. The Morgan fingerprint density at radius 1 is 1.12 bits per heavy atom. The van der Waals surface area contributed by atoms with E-state index in [1.807, 2.05) is 51.1 Å². The summed E-state index contributed by atoms with van der Waals surface area (Å²) < 4.78 is 0. The van der Waals surface area contributed by atoms with Crippen LogP contribution in [0.1, 0.15) is 51.4 Å². The molecule has 34 heavy (non-hydrogen) atoms. The Bertz CT molecular complexity index is 1310. The number of carbonyl (C=O) groups is 3. The molecular weight excluding hydrogens is 496 g/mol. The number of hydrogen-bond acceptors (Lipinski definition) is 3. The summed E-state index contributed by atoms with van der Waals surface area (Å²) in [6.45, 7) is 5.67. The monoisotopic (exact) mass is 520 g/mol. The van der Waals surface area contributed by atoms with E-state index in [2.05, 4.69) is 36.9 Å². The fraction of sp³-hybridized carbons (Fsp3) is 0.192. The molecule has 0 spiro atoms. The van der Waals surface area contributed by atoms with Crippen LogP contribution >= 0.6 is 15.9 Å². The zero-order valence-corrected chi connectivity index (χ0v) is 20.7. The quantitative estimate of drug-likeness (QED) is 0.273. The largest absolute Gasteiger partial charge is 0.357 e. The molecule has 4 rings (SSSR count). The smallest absolute Gasteiger partial charge is 0.256 e. The molecule has 1 aliphatic heterocycles. The van der Waals surface area contributed by atoms with Gasteiger partial charge in [0, 0.05) is 28.2 Å². The number of rotatable bonds is 6. The minimum atomic E-state index is -0.247. The number of hydrogen-bond donors (Lipinski definition) is 4. The van der Waals surface area contributed by atoms with Crippen LogP contribution < -0.4 is 16.0 Å². The van der Waals surface area contributed by atoms with Gasteiger partial charge >= 0.3 is 0 Å². The summed E-state index contributed by atoms with van der Waals surface area (Å²) in [6, 6.07) is 14.7. The molecule has 0 saturated carbocycles. The predicted octanol–water partition coefficient (Wildman–Crippen LogP) is 4.95. The van der Waals surface area contributed by atoms with Crippen LogP contribution in [0.25, 0.3) is 11.6 Å². The Labute approximate surface area is 206 Å². The summed E-state index contributed by atoms with van der Waals surface area (Å²) in [5.41, 5.74) is 6.25. The van der Waals surface area contributed by atoms with Gasteiger partial charge < -0.3 is 20.9 Å². The molecule has 1 aromatic heterocycles. The molecule has 1 aliphatic rings. The first kappa shape index (κ1) is 23.5. The van der Waals surface area contributed by atoms with E-state index >= 15 is 0 Å². The van der Waals surface area contributed by atoms with E-state index in [-0.39, 0.29) is 29.1 Å². The van der Waals surface area contributed by atoms with Crippen LogP contribution in [0, 0.1) is 13.8 Å². The highest BCUT2D eigenvalue weighted by molar-refractivity contribution is 9.09. The van der Waals surface area contributed by atoms with E-state index in [1.165, 1.54) is 0 Å². The third kappa shape index (κ3) is 4.68. The van der Waals surface area contributed by atoms with E-state index in [0.717, 1.165) is 16.8 Å². The normalized spacial score (nSPS) is 14.5. The second kappa shape index (κ2) is 9.69. The lowest BCUT2D eigenvalue weighted by atomic mass is 10.0. The van der Waals surface area contributed by atoms with Gasteiger partial charge in [0.15, 0.2) is 0 Å². The third-order valence-corrected chi connectivity index (χ3v) is 6.37. The summed E-state index contributed by atoms with van der Waals surface area (Å²) in [7, 11) is 0. The Kier molecular flexibility index (Phi) is 6.70. The standard InChI is InChI=1S/C26H25BrN4O3/c1-14-22(28-16(3)24(14)31-23(32)13-27)12-20-19-11-18(9-10-21(19)30-26(20)34)25(33)29-15(2)17-7-5-4-6-8-17/h4-12,15,28H,13H2,1-3H3,(H,29,33)(H,30,34)(H,31,32)/b20-12-/t15-/m1/s1. The second-order valence-corrected chi connectivity index (χ2v) is 8.78. The molecule has 0 unspecified atom stereocenters.